The predicted octanol–water partition coefficient (Wildman–Crippen LogP) is 7.64. The summed E-state index contributed by atoms with van der Waals surface area (Å²) < 4.78 is 1.35. The molecular formula is C23H25IS. The lowest BCUT2D eigenvalue weighted by molar-refractivity contribution is 1.11. The average molecular weight is 460 g/mol. The van der Waals surface area contributed by atoms with Crippen LogP contribution in [-0.2, 0) is 6.42 Å². The van der Waals surface area contributed by atoms with Crippen LogP contribution in [0.5, 0.6) is 0 Å². The summed E-state index contributed by atoms with van der Waals surface area (Å²) in [6.07, 6.45) is 3.72. The Morgan fingerprint density at radius 3 is 2.48 bits per heavy atom. The molecule has 0 saturated heterocycles. The van der Waals surface area contributed by atoms with Crippen LogP contribution in [0.2, 0.25) is 0 Å². The molecule has 0 N–H and O–H groups in total. The van der Waals surface area contributed by atoms with Gasteiger partial charge >= 0.3 is 0 Å². The van der Waals surface area contributed by atoms with Gasteiger partial charge in [0, 0.05) is 8.48 Å². The first kappa shape index (κ1) is 18.8. The molecule has 0 aromatic heterocycles. The molecule has 1 fully saturated rings. The molecule has 1 aliphatic carbocycles. The van der Waals surface area contributed by atoms with Crippen LogP contribution in [0.1, 0.15) is 53.5 Å². The molecular weight excluding hydrogens is 435 g/mol. The molecule has 0 radical (unpaired) electrons. The van der Waals surface area contributed by atoms with Gasteiger partial charge < -0.3 is 0 Å². The first-order valence-corrected chi connectivity index (χ1v) is 10.8. The normalized spacial score (nSPS) is 14.6. The summed E-state index contributed by atoms with van der Waals surface area (Å²) in [5.74, 6) is 0.817. The van der Waals surface area contributed by atoms with E-state index in [2.05, 4.69) is 91.7 Å². The number of thioether (sulfide) groups is 1. The summed E-state index contributed by atoms with van der Waals surface area (Å²) in [7, 11) is 0. The standard InChI is InChI=1S/C23H25IS/c1-15(11-22-12-17(3)23(24)13-16(22)2)14-25-18(4)19-5-7-20(8-6-19)21-9-10-21/h5-8,12-14,21H,4,9-11H2,1-3H3/b15-14+. The number of aryl methyl sites for hydroxylation is 2. The van der Waals surface area contributed by atoms with Crippen molar-refractivity contribution in [3.05, 3.63) is 85.3 Å². The van der Waals surface area contributed by atoms with Gasteiger partial charge in [-0.05, 0) is 108 Å². The fraction of sp³-hybridized carbons (Fsp3) is 0.304. The first-order valence-electron chi connectivity index (χ1n) is 8.81. The fourth-order valence-electron chi connectivity index (χ4n) is 2.97. The van der Waals surface area contributed by atoms with Crippen LogP contribution in [0.4, 0.5) is 0 Å². The summed E-state index contributed by atoms with van der Waals surface area (Å²) in [6.45, 7) is 10.9. The molecule has 130 valence electrons. The van der Waals surface area contributed by atoms with Gasteiger partial charge in [0.05, 0.1) is 0 Å². The van der Waals surface area contributed by atoms with Gasteiger partial charge in [0.1, 0.15) is 0 Å². The number of halogens is 1. The highest BCUT2D eigenvalue weighted by molar-refractivity contribution is 14.1. The Labute approximate surface area is 170 Å². The van der Waals surface area contributed by atoms with E-state index in [4.69, 9.17) is 0 Å². The lowest BCUT2D eigenvalue weighted by Gasteiger charge is -2.10. The predicted molar refractivity (Wildman–Crippen MR) is 121 cm³/mol. The highest BCUT2D eigenvalue weighted by Crippen LogP contribution is 2.40. The highest BCUT2D eigenvalue weighted by atomic mass is 127. The summed E-state index contributed by atoms with van der Waals surface area (Å²) in [5.41, 5.74) is 8.26. The van der Waals surface area contributed by atoms with Crippen LogP contribution >= 0.6 is 34.4 Å². The maximum absolute atomic E-state index is 4.25. The van der Waals surface area contributed by atoms with Crippen molar-refractivity contribution in [1.82, 2.24) is 0 Å². The molecule has 0 aliphatic heterocycles. The molecule has 2 aromatic carbocycles. The van der Waals surface area contributed by atoms with E-state index in [1.807, 2.05) is 0 Å². The number of rotatable bonds is 6. The molecule has 0 nitrogen and oxygen atoms in total. The third-order valence-corrected chi connectivity index (χ3v) is 6.97. The molecule has 0 heterocycles. The van der Waals surface area contributed by atoms with Crippen molar-refractivity contribution in [2.75, 3.05) is 0 Å². The lowest BCUT2D eigenvalue weighted by Crippen LogP contribution is -1.94. The maximum atomic E-state index is 4.25. The van der Waals surface area contributed by atoms with Gasteiger partial charge in [-0.25, -0.2) is 0 Å². The second-order valence-electron chi connectivity index (χ2n) is 7.11. The third-order valence-electron chi connectivity index (χ3n) is 4.77. The van der Waals surface area contributed by atoms with Gasteiger partial charge in [0.2, 0.25) is 0 Å². The Morgan fingerprint density at radius 2 is 1.84 bits per heavy atom. The molecule has 0 unspecified atom stereocenters. The topological polar surface area (TPSA) is 0 Å². The Bertz CT molecular complexity index is 811. The lowest BCUT2D eigenvalue weighted by atomic mass is 10.00. The quantitative estimate of drug-likeness (QED) is 0.399. The van der Waals surface area contributed by atoms with E-state index in [0.29, 0.717) is 0 Å². The van der Waals surface area contributed by atoms with E-state index < -0.39 is 0 Å². The number of hydrogen-bond acceptors (Lipinski definition) is 1. The Morgan fingerprint density at radius 1 is 1.16 bits per heavy atom. The molecule has 2 heteroatoms. The maximum Gasteiger partial charge on any atom is 0.0162 e. The van der Waals surface area contributed by atoms with Crippen LogP contribution in [0.3, 0.4) is 0 Å². The van der Waals surface area contributed by atoms with Crippen LogP contribution in [0.15, 0.2) is 54.0 Å². The molecule has 2 aromatic rings. The van der Waals surface area contributed by atoms with E-state index in [0.717, 1.165) is 17.2 Å². The highest BCUT2D eigenvalue weighted by Gasteiger charge is 2.22. The van der Waals surface area contributed by atoms with E-state index in [1.165, 1.54) is 49.8 Å². The van der Waals surface area contributed by atoms with Gasteiger partial charge in [-0.1, -0.05) is 54.2 Å². The van der Waals surface area contributed by atoms with E-state index >= 15 is 0 Å². The van der Waals surface area contributed by atoms with Crippen molar-refractivity contribution in [1.29, 1.82) is 0 Å². The summed E-state index contributed by atoms with van der Waals surface area (Å²) >= 11 is 4.15. The Balaban J connectivity index is 1.62. The molecule has 0 bridgehead atoms. The van der Waals surface area contributed by atoms with Gasteiger partial charge in [0.25, 0.3) is 0 Å². The third kappa shape index (κ3) is 5.01. The minimum atomic E-state index is 0.817. The van der Waals surface area contributed by atoms with Crippen molar-refractivity contribution in [2.24, 2.45) is 0 Å². The minimum absolute atomic E-state index is 0.817. The zero-order valence-corrected chi connectivity index (χ0v) is 18.2. The zero-order valence-electron chi connectivity index (χ0n) is 15.2. The van der Waals surface area contributed by atoms with Crippen molar-refractivity contribution in [3.63, 3.8) is 0 Å². The van der Waals surface area contributed by atoms with Crippen molar-refractivity contribution >= 4 is 39.3 Å². The number of allylic oxidation sites excluding steroid dienone is 1. The van der Waals surface area contributed by atoms with Crippen molar-refractivity contribution in [2.45, 2.75) is 46.0 Å². The molecule has 0 spiro atoms. The van der Waals surface area contributed by atoms with E-state index in [-0.39, 0.29) is 0 Å². The smallest absolute Gasteiger partial charge is 0.0162 e. The van der Waals surface area contributed by atoms with Gasteiger partial charge in [0.15, 0.2) is 0 Å². The average Bonchev–Trinajstić information content (AvgIpc) is 3.43. The second kappa shape index (κ2) is 8.13. The van der Waals surface area contributed by atoms with Crippen LogP contribution in [0, 0.1) is 17.4 Å². The summed E-state index contributed by atoms with van der Waals surface area (Å²) in [4.78, 5) is 1.12. The zero-order chi connectivity index (χ0) is 18.0. The van der Waals surface area contributed by atoms with Gasteiger partial charge in [-0.2, -0.15) is 0 Å². The number of benzene rings is 2. The molecule has 1 saturated carbocycles. The minimum Gasteiger partial charge on any atom is -0.0981 e. The summed E-state index contributed by atoms with van der Waals surface area (Å²) in [6, 6.07) is 13.6. The van der Waals surface area contributed by atoms with Gasteiger partial charge in [-0.15, -0.1) is 0 Å². The Hall–Kier alpha value is -1.00. The molecule has 3 rings (SSSR count). The van der Waals surface area contributed by atoms with Crippen molar-refractivity contribution in [3.8, 4) is 0 Å². The fourth-order valence-corrected chi connectivity index (χ4v) is 4.29. The van der Waals surface area contributed by atoms with E-state index in [1.54, 1.807) is 11.8 Å². The van der Waals surface area contributed by atoms with Crippen LogP contribution in [-0.4, -0.2) is 0 Å². The molecule has 1 aliphatic rings. The van der Waals surface area contributed by atoms with E-state index in [9.17, 15) is 0 Å². The summed E-state index contributed by atoms with van der Waals surface area (Å²) in [5, 5.41) is 2.25. The molecule has 0 amide bonds. The Kier molecular flexibility index (Phi) is 6.11. The second-order valence-corrected chi connectivity index (χ2v) is 9.23. The first-order chi connectivity index (χ1) is 11.9. The van der Waals surface area contributed by atoms with Crippen LogP contribution < -0.4 is 0 Å². The number of hydrogen-bond donors (Lipinski definition) is 0. The largest absolute Gasteiger partial charge is 0.0981 e. The van der Waals surface area contributed by atoms with Gasteiger partial charge in [-0.3, -0.25) is 0 Å². The van der Waals surface area contributed by atoms with Crippen LogP contribution in [0.25, 0.3) is 4.91 Å². The van der Waals surface area contributed by atoms with Crippen molar-refractivity contribution < 1.29 is 0 Å². The molecule has 0 atom stereocenters. The monoisotopic (exact) mass is 460 g/mol. The molecule has 25 heavy (non-hydrogen) atoms. The SMILES string of the molecule is C=C(S/C=C(\C)Cc1cc(C)c(I)cc1C)c1ccc(C2CC2)cc1.